The normalized spacial score (nSPS) is 15.9. The van der Waals surface area contributed by atoms with Gasteiger partial charge in [0.2, 0.25) is 0 Å². The Hall–Kier alpha value is -3.33. The van der Waals surface area contributed by atoms with Gasteiger partial charge in [-0.25, -0.2) is 9.97 Å². The van der Waals surface area contributed by atoms with E-state index in [0.717, 1.165) is 63.1 Å². The minimum Gasteiger partial charge on any atom is -0.386 e. The van der Waals surface area contributed by atoms with Crippen LogP contribution >= 0.6 is 11.6 Å². The minimum absolute atomic E-state index is 0.0960. The second kappa shape index (κ2) is 9.45. The summed E-state index contributed by atoms with van der Waals surface area (Å²) in [4.78, 5) is 19.2. The summed E-state index contributed by atoms with van der Waals surface area (Å²) < 4.78 is 10.0. The molecule has 1 N–H and O–H groups in total. The highest BCUT2D eigenvalue weighted by atomic mass is 35.5. The van der Waals surface area contributed by atoms with Gasteiger partial charge in [-0.2, -0.15) is 0 Å². The Bertz CT molecular complexity index is 1610. The summed E-state index contributed by atoms with van der Waals surface area (Å²) in [7, 11) is 1.99. The first-order valence-electron chi connectivity index (χ1n) is 12.9. The van der Waals surface area contributed by atoms with Gasteiger partial charge in [0.1, 0.15) is 5.65 Å². The maximum atomic E-state index is 10.8. The van der Waals surface area contributed by atoms with Crippen LogP contribution in [0.5, 0.6) is 0 Å². The Balaban J connectivity index is 1.68. The number of imidazole rings is 1. The van der Waals surface area contributed by atoms with Crippen molar-refractivity contribution in [3.63, 3.8) is 0 Å². The van der Waals surface area contributed by atoms with E-state index in [0.29, 0.717) is 18.2 Å². The first kappa shape index (κ1) is 25.0. The van der Waals surface area contributed by atoms with E-state index in [2.05, 4.69) is 15.6 Å². The van der Waals surface area contributed by atoms with Gasteiger partial charge in [0, 0.05) is 55.4 Å². The van der Waals surface area contributed by atoms with Crippen molar-refractivity contribution in [1.82, 2.24) is 29.1 Å². The van der Waals surface area contributed by atoms with E-state index in [1.807, 2.05) is 49.3 Å². The van der Waals surface area contributed by atoms with E-state index in [9.17, 15) is 5.11 Å². The molecule has 0 bridgehead atoms. The number of rotatable bonds is 5. The van der Waals surface area contributed by atoms with Crippen LogP contribution in [-0.2, 0) is 17.4 Å². The molecule has 1 fully saturated rings. The van der Waals surface area contributed by atoms with Crippen LogP contribution in [0.1, 0.15) is 49.7 Å². The first-order chi connectivity index (χ1) is 18.2. The predicted octanol–water partition coefficient (Wildman–Crippen LogP) is 5.59. The number of ether oxygens (including phenoxy) is 1. The molecule has 1 atom stereocenters. The van der Waals surface area contributed by atoms with Gasteiger partial charge >= 0.3 is 0 Å². The third kappa shape index (κ3) is 4.26. The zero-order valence-corrected chi connectivity index (χ0v) is 22.8. The molecule has 38 heavy (non-hydrogen) atoms. The van der Waals surface area contributed by atoms with Crippen LogP contribution in [0.25, 0.3) is 33.3 Å². The molecule has 0 aromatic carbocycles. The summed E-state index contributed by atoms with van der Waals surface area (Å²) in [6.45, 7) is 6.97. The van der Waals surface area contributed by atoms with Gasteiger partial charge in [-0.15, -0.1) is 0 Å². The largest absolute Gasteiger partial charge is 0.386 e. The summed E-state index contributed by atoms with van der Waals surface area (Å²) >= 11 is 6.24. The summed E-state index contributed by atoms with van der Waals surface area (Å²) in [6, 6.07) is 8.00. The second-order valence-electron chi connectivity index (χ2n) is 10.7. The summed E-state index contributed by atoms with van der Waals surface area (Å²) in [5.41, 5.74) is 6.20. The predicted molar refractivity (Wildman–Crippen MR) is 148 cm³/mol. The van der Waals surface area contributed by atoms with Crippen LogP contribution in [-0.4, -0.2) is 47.4 Å². The van der Waals surface area contributed by atoms with Crippen molar-refractivity contribution < 1.29 is 9.84 Å². The topological polar surface area (TPSA) is 90.9 Å². The van der Waals surface area contributed by atoms with Crippen molar-refractivity contribution in [3.8, 4) is 11.3 Å². The van der Waals surface area contributed by atoms with Crippen molar-refractivity contribution >= 4 is 33.7 Å². The highest BCUT2D eigenvalue weighted by Gasteiger charge is 2.32. The quantitative estimate of drug-likeness (QED) is 0.319. The molecule has 0 amide bonds. The maximum absolute atomic E-state index is 10.8. The van der Waals surface area contributed by atoms with Crippen molar-refractivity contribution in [3.05, 3.63) is 71.2 Å². The second-order valence-corrected chi connectivity index (χ2v) is 11.1. The Kier molecular flexibility index (Phi) is 6.21. The molecule has 6 heterocycles. The fourth-order valence-corrected chi connectivity index (χ4v) is 5.78. The van der Waals surface area contributed by atoms with Crippen LogP contribution in [0.15, 0.2) is 49.2 Å². The van der Waals surface area contributed by atoms with E-state index in [1.54, 1.807) is 26.2 Å². The molecule has 1 unspecified atom stereocenters. The number of aromatic nitrogens is 6. The molecule has 0 aliphatic carbocycles. The Labute approximate surface area is 226 Å². The average Bonchev–Trinajstić information content (AvgIpc) is 3.41. The van der Waals surface area contributed by atoms with Crippen molar-refractivity contribution in [1.29, 1.82) is 0 Å². The Morgan fingerprint density at radius 1 is 1.05 bits per heavy atom. The van der Waals surface area contributed by atoms with Crippen LogP contribution < -0.4 is 0 Å². The molecule has 1 aliphatic heterocycles. The van der Waals surface area contributed by atoms with Gasteiger partial charge in [-0.05, 0) is 63.8 Å². The lowest BCUT2D eigenvalue weighted by Crippen LogP contribution is -2.27. The van der Waals surface area contributed by atoms with Crippen LogP contribution in [0.4, 0.5) is 0 Å². The van der Waals surface area contributed by atoms with E-state index >= 15 is 0 Å². The molecule has 8 nitrogen and oxygen atoms in total. The standard InChI is InChI=1S/C29H31ClN6O2/c1-17-26(35(4)16-34-17)19-11-24-25(32-13-19)22-12-20(29(2,3)37)14-33-28(22)36(24)27(18-7-9-38-10-8-18)23-6-5-21(30)15-31-23/h5-6,11-16,18,27,37H,7-10H2,1-4H3. The molecule has 9 heteroatoms. The number of hydrogen-bond acceptors (Lipinski definition) is 6. The van der Waals surface area contributed by atoms with Crippen LogP contribution in [0.2, 0.25) is 5.02 Å². The lowest BCUT2D eigenvalue weighted by molar-refractivity contribution is 0.0547. The number of halogens is 1. The van der Waals surface area contributed by atoms with Gasteiger partial charge in [-0.1, -0.05) is 11.6 Å². The van der Waals surface area contributed by atoms with Gasteiger partial charge in [0.15, 0.2) is 0 Å². The number of hydrogen-bond donors (Lipinski definition) is 1. The molecule has 1 saturated heterocycles. The summed E-state index contributed by atoms with van der Waals surface area (Å²) in [5, 5.41) is 12.3. The van der Waals surface area contributed by atoms with Crippen molar-refractivity contribution in [2.24, 2.45) is 13.0 Å². The van der Waals surface area contributed by atoms with E-state index < -0.39 is 5.60 Å². The fourth-order valence-electron chi connectivity index (χ4n) is 5.67. The fraction of sp³-hybridized carbons (Fsp3) is 0.379. The third-order valence-electron chi connectivity index (χ3n) is 7.62. The molecular formula is C29H31ClN6O2. The van der Waals surface area contributed by atoms with Gasteiger partial charge in [-0.3, -0.25) is 9.97 Å². The number of pyridine rings is 3. The number of aliphatic hydroxyl groups is 1. The average molecular weight is 531 g/mol. The molecular weight excluding hydrogens is 500 g/mol. The molecule has 5 aromatic rings. The summed E-state index contributed by atoms with van der Waals surface area (Å²) in [6.07, 6.45) is 9.01. The number of aryl methyl sites for hydroxylation is 2. The SMILES string of the molecule is Cc1ncn(C)c1-c1cnc2c3cc(C(C)(C)O)cnc3n(C(c3ccc(Cl)cn3)C3CCOCC3)c2c1. The van der Waals surface area contributed by atoms with E-state index in [1.165, 1.54) is 0 Å². The van der Waals surface area contributed by atoms with Gasteiger partial charge in [0.05, 0.1) is 51.1 Å². The van der Waals surface area contributed by atoms with Gasteiger partial charge in [0.25, 0.3) is 0 Å². The molecule has 0 spiro atoms. The maximum Gasteiger partial charge on any atom is 0.143 e. The van der Waals surface area contributed by atoms with Crippen molar-refractivity contribution in [2.75, 3.05) is 13.2 Å². The zero-order valence-electron chi connectivity index (χ0n) is 22.0. The molecule has 196 valence electrons. The lowest BCUT2D eigenvalue weighted by Gasteiger charge is -2.32. The van der Waals surface area contributed by atoms with E-state index in [-0.39, 0.29) is 12.0 Å². The highest BCUT2D eigenvalue weighted by Crippen LogP contribution is 2.41. The lowest BCUT2D eigenvalue weighted by atomic mass is 9.89. The first-order valence-corrected chi connectivity index (χ1v) is 13.3. The van der Waals surface area contributed by atoms with Crippen LogP contribution in [0.3, 0.4) is 0 Å². The Morgan fingerprint density at radius 3 is 2.50 bits per heavy atom. The Morgan fingerprint density at radius 2 is 1.84 bits per heavy atom. The molecule has 5 aromatic heterocycles. The van der Waals surface area contributed by atoms with E-state index in [4.69, 9.17) is 31.3 Å². The third-order valence-corrected chi connectivity index (χ3v) is 7.84. The summed E-state index contributed by atoms with van der Waals surface area (Å²) in [5.74, 6) is 0.286. The molecule has 0 radical (unpaired) electrons. The van der Waals surface area contributed by atoms with Crippen LogP contribution in [0, 0.1) is 12.8 Å². The molecule has 0 saturated carbocycles. The zero-order chi connectivity index (χ0) is 26.6. The van der Waals surface area contributed by atoms with Gasteiger partial charge < -0.3 is 19.0 Å². The smallest absolute Gasteiger partial charge is 0.143 e. The number of nitrogens with zero attached hydrogens (tertiary/aromatic N) is 6. The molecule has 1 aliphatic rings. The minimum atomic E-state index is -1.03. The highest BCUT2D eigenvalue weighted by molar-refractivity contribution is 6.30. The molecule has 6 rings (SSSR count). The monoisotopic (exact) mass is 530 g/mol. The van der Waals surface area contributed by atoms with Crippen molar-refractivity contribution in [2.45, 2.75) is 45.3 Å². The number of fused-ring (bicyclic) bond motifs is 3.